The fourth-order valence-corrected chi connectivity index (χ4v) is 2.69. The van der Waals surface area contributed by atoms with E-state index in [0.29, 0.717) is 18.1 Å². The lowest BCUT2D eigenvalue weighted by atomic mass is 9.97. The normalized spacial score (nSPS) is 20.2. The minimum absolute atomic E-state index is 0.150. The number of aromatic nitrogens is 2. The van der Waals surface area contributed by atoms with Crippen LogP contribution in [-0.2, 0) is 4.74 Å². The number of hydrogen-bond donors (Lipinski definition) is 1. The third-order valence-electron chi connectivity index (χ3n) is 3.98. The van der Waals surface area contributed by atoms with Gasteiger partial charge in [0.25, 0.3) is 0 Å². The maximum atomic E-state index is 13.7. The second kappa shape index (κ2) is 5.34. The molecule has 4 nitrogen and oxygen atoms in total. The van der Waals surface area contributed by atoms with Crippen molar-refractivity contribution in [3.63, 3.8) is 0 Å². The van der Waals surface area contributed by atoms with Crippen LogP contribution in [0.2, 0.25) is 0 Å². The summed E-state index contributed by atoms with van der Waals surface area (Å²) in [5.74, 6) is 0.0687. The highest BCUT2D eigenvalue weighted by molar-refractivity contribution is 5.42. The van der Waals surface area contributed by atoms with E-state index < -0.39 is 0 Å². The molecule has 20 heavy (non-hydrogen) atoms. The SMILES string of the molecule is Cc1c(F)cccc1-n1cncc1C(N)C1CCOC1. The summed E-state index contributed by atoms with van der Waals surface area (Å²) >= 11 is 0. The van der Waals surface area contributed by atoms with E-state index >= 15 is 0 Å². The molecule has 1 aliphatic rings. The average molecular weight is 275 g/mol. The summed E-state index contributed by atoms with van der Waals surface area (Å²) in [7, 11) is 0. The number of imidazole rings is 1. The number of rotatable bonds is 3. The highest BCUT2D eigenvalue weighted by Gasteiger charge is 2.26. The molecule has 1 fully saturated rings. The molecule has 2 N–H and O–H groups in total. The molecule has 0 aliphatic carbocycles. The summed E-state index contributed by atoms with van der Waals surface area (Å²) in [5.41, 5.74) is 8.62. The molecule has 106 valence electrons. The highest BCUT2D eigenvalue weighted by Crippen LogP contribution is 2.29. The minimum Gasteiger partial charge on any atom is -0.381 e. The lowest BCUT2D eigenvalue weighted by molar-refractivity contribution is 0.180. The maximum Gasteiger partial charge on any atom is 0.128 e. The van der Waals surface area contributed by atoms with Crippen LogP contribution in [0.1, 0.15) is 23.7 Å². The fraction of sp³-hybridized carbons (Fsp3) is 0.400. The maximum absolute atomic E-state index is 13.7. The van der Waals surface area contributed by atoms with E-state index in [2.05, 4.69) is 4.98 Å². The Kier molecular flexibility index (Phi) is 3.54. The number of nitrogens with zero attached hydrogens (tertiary/aromatic N) is 2. The number of benzene rings is 1. The molecule has 2 heterocycles. The molecule has 0 amide bonds. The van der Waals surface area contributed by atoms with Crippen LogP contribution in [0.4, 0.5) is 4.39 Å². The first-order chi connectivity index (χ1) is 9.68. The van der Waals surface area contributed by atoms with Crippen LogP contribution >= 0.6 is 0 Å². The molecule has 1 saturated heterocycles. The Morgan fingerprint density at radius 1 is 1.50 bits per heavy atom. The highest BCUT2D eigenvalue weighted by atomic mass is 19.1. The van der Waals surface area contributed by atoms with Crippen molar-refractivity contribution in [2.75, 3.05) is 13.2 Å². The summed E-state index contributed by atoms with van der Waals surface area (Å²) < 4.78 is 21.0. The van der Waals surface area contributed by atoms with E-state index in [1.165, 1.54) is 6.07 Å². The summed E-state index contributed by atoms with van der Waals surface area (Å²) in [6, 6.07) is 4.88. The third kappa shape index (κ3) is 2.23. The first kappa shape index (κ1) is 13.3. The Labute approximate surface area is 117 Å². The van der Waals surface area contributed by atoms with Crippen molar-refractivity contribution in [1.29, 1.82) is 0 Å². The van der Waals surface area contributed by atoms with Gasteiger partial charge >= 0.3 is 0 Å². The van der Waals surface area contributed by atoms with E-state index in [1.807, 2.05) is 10.6 Å². The zero-order valence-corrected chi connectivity index (χ0v) is 11.4. The van der Waals surface area contributed by atoms with Gasteiger partial charge in [-0.05, 0) is 25.5 Å². The van der Waals surface area contributed by atoms with Gasteiger partial charge < -0.3 is 15.0 Å². The van der Waals surface area contributed by atoms with Crippen LogP contribution < -0.4 is 5.73 Å². The standard InChI is InChI=1S/C15H18FN3O/c1-10-12(16)3-2-4-13(10)19-9-18-7-14(19)15(17)11-5-6-20-8-11/h2-4,7,9,11,15H,5-6,8,17H2,1H3. The summed E-state index contributed by atoms with van der Waals surface area (Å²) in [6.45, 7) is 3.19. The lowest BCUT2D eigenvalue weighted by Gasteiger charge is -2.20. The van der Waals surface area contributed by atoms with Gasteiger partial charge in [-0.2, -0.15) is 0 Å². The molecular weight excluding hydrogens is 257 g/mol. The average Bonchev–Trinajstić information content (AvgIpc) is 3.11. The smallest absolute Gasteiger partial charge is 0.128 e. The van der Waals surface area contributed by atoms with E-state index in [-0.39, 0.29) is 11.9 Å². The Bertz CT molecular complexity index is 605. The molecule has 0 saturated carbocycles. The first-order valence-electron chi connectivity index (χ1n) is 6.79. The number of ether oxygens (including phenoxy) is 1. The largest absolute Gasteiger partial charge is 0.381 e. The predicted octanol–water partition coefficient (Wildman–Crippen LogP) is 2.36. The quantitative estimate of drug-likeness (QED) is 0.935. The Morgan fingerprint density at radius 2 is 2.35 bits per heavy atom. The van der Waals surface area contributed by atoms with Crippen LogP contribution in [0.25, 0.3) is 5.69 Å². The third-order valence-corrected chi connectivity index (χ3v) is 3.98. The van der Waals surface area contributed by atoms with Crippen LogP contribution in [-0.4, -0.2) is 22.8 Å². The molecule has 5 heteroatoms. The Morgan fingerprint density at radius 3 is 3.10 bits per heavy atom. The number of hydrogen-bond acceptors (Lipinski definition) is 3. The van der Waals surface area contributed by atoms with Crippen LogP contribution in [0, 0.1) is 18.7 Å². The number of nitrogens with two attached hydrogens (primary N) is 1. The van der Waals surface area contributed by atoms with Gasteiger partial charge in [-0.25, -0.2) is 9.37 Å². The topological polar surface area (TPSA) is 53.1 Å². The van der Waals surface area contributed by atoms with E-state index in [0.717, 1.165) is 24.4 Å². The lowest BCUT2D eigenvalue weighted by Crippen LogP contribution is -2.24. The van der Waals surface area contributed by atoms with Crippen LogP contribution in [0.5, 0.6) is 0 Å². The molecule has 0 radical (unpaired) electrons. The molecule has 0 spiro atoms. The molecule has 2 unspecified atom stereocenters. The molecule has 1 aromatic heterocycles. The van der Waals surface area contributed by atoms with Gasteiger partial charge in [0, 0.05) is 18.1 Å². The molecule has 1 aliphatic heterocycles. The van der Waals surface area contributed by atoms with E-state index in [1.54, 1.807) is 25.5 Å². The van der Waals surface area contributed by atoms with Gasteiger partial charge in [0.1, 0.15) is 5.82 Å². The fourth-order valence-electron chi connectivity index (χ4n) is 2.69. The molecular formula is C15H18FN3O. The van der Waals surface area contributed by atoms with E-state index in [9.17, 15) is 4.39 Å². The monoisotopic (exact) mass is 275 g/mol. The second-order valence-corrected chi connectivity index (χ2v) is 5.22. The van der Waals surface area contributed by atoms with Crippen LogP contribution in [0.15, 0.2) is 30.7 Å². The van der Waals surface area contributed by atoms with Crippen molar-refractivity contribution in [1.82, 2.24) is 9.55 Å². The van der Waals surface area contributed by atoms with Gasteiger partial charge in [0.15, 0.2) is 0 Å². The predicted molar refractivity (Wildman–Crippen MR) is 74.1 cm³/mol. The molecule has 2 aromatic rings. The Balaban J connectivity index is 1.99. The first-order valence-corrected chi connectivity index (χ1v) is 6.79. The molecule has 2 atom stereocenters. The number of halogens is 1. The zero-order chi connectivity index (χ0) is 14.1. The molecule has 0 bridgehead atoms. The van der Waals surface area contributed by atoms with Crippen molar-refractivity contribution in [2.24, 2.45) is 11.7 Å². The van der Waals surface area contributed by atoms with E-state index in [4.69, 9.17) is 10.5 Å². The molecule has 3 rings (SSSR count). The molecule has 1 aromatic carbocycles. The van der Waals surface area contributed by atoms with Crippen molar-refractivity contribution >= 4 is 0 Å². The van der Waals surface area contributed by atoms with Gasteiger partial charge in [-0.1, -0.05) is 6.07 Å². The minimum atomic E-state index is -0.222. The second-order valence-electron chi connectivity index (χ2n) is 5.22. The zero-order valence-electron chi connectivity index (χ0n) is 11.4. The van der Waals surface area contributed by atoms with Gasteiger partial charge in [0.05, 0.1) is 36.6 Å². The van der Waals surface area contributed by atoms with Gasteiger partial charge in [0.2, 0.25) is 0 Å². The van der Waals surface area contributed by atoms with Crippen molar-refractivity contribution in [2.45, 2.75) is 19.4 Å². The summed E-state index contributed by atoms with van der Waals surface area (Å²) in [6.07, 6.45) is 4.40. The van der Waals surface area contributed by atoms with Crippen molar-refractivity contribution < 1.29 is 9.13 Å². The van der Waals surface area contributed by atoms with Gasteiger partial charge in [-0.15, -0.1) is 0 Å². The van der Waals surface area contributed by atoms with Crippen molar-refractivity contribution in [3.8, 4) is 5.69 Å². The van der Waals surface area contributed by atoms with Crippen LogP contribution in [0.3, 0.4) is 0 Å². The van der Waals surface area contributed by atoms with Gasteiger partial charge in [-0.3, -0.25) is 0 Å². The Hall–Kier alpha value is -1.72. The van der Waals surface area contributed by atoms with Crippen molar-refractivity contribution in [3.05, 3.63) is 47.8 Å². The summed E-state index contributed by atoms with van der Waals surface area (Å²) in [4.78, 5) is 4.18. The summed E-state index contributed by atoms with van der Waals surface area (Å²) in [5, 5.41) is 0.